The number of anilines is 1. The second kappa shape index (κ2) is 10.4. The zero-order chi connectivity index (χ0) is 25.9. The zero-order valence-electron chi connectivity index (χ0n) is 18.6. The molecule has 0 aliphatic carbocycles. The average molecular weight is 528 g/mol. The molecule has 0 amide bonds. The fourth-order valence-corrected chi connectivity index (χ4v) is 5.25. The van der Waals surface area contributed by atoms with Gasteiger partial charge in [-0.25, -0.2) is 8.78 Å². The largest absolute Gasteiger partial charge is 0.573 e. The molecule has 36 heavy (non-hydrogen) atoms. The quantitative estimate of drug-likeness (QED) is 0.436. The fourth-order valence-electron chi connectivity index (χ4n) is 4.03. The summed E-state index contributed by atoms with van der Waals surface area (Å²) >= 11 is 0. The van der Waals surface area contributed by atoms with E-state index in [9.17, 15) is 30.4 Å². The summed E-state index contributed by atoms with van der Waals surface area (Å²) in [6.07, 6.45) is -5.65. The lowest BCUT2D eigenvalue weighted by molar-refractivity contribution is -0.274. The molecule has 4 rings (SSSR count). The van der Waals surface area contributed by atoms with Crippen molar-refractivity contribution in [3.8, 4) is 5.75 Å². The number of nitrogens with zero attached hydrogens (tertiary/aromatic N) is 1. The topological polar surface area (TPSA) is 67.9 Å². The zero-order valence-corrected chi connectivity index (χ0v) is 19.4. The molecule has 0 saturated carbocycles. The highest BCUT2D eigenvalue weighted by molar-refractivity contribution is 7.90. The van der Waals surface area contributed by atoms with Gasteiger partial charge in [-0.05, 0) is 59.7 Å². The molecule has 6 nitrogen and oxygen atoms in total. The van der Waals surface area contributed by atoms with Gasteiger partial charge in [-0.3, -0.25) is 4.72 Å². The minimum absolute atomic E-state index is 0.000122. The summed E-state index contributed by atoms with van der Waals surface area (Å²) < 4.78 is 104. The summed E-state index contributed by atoms with van der Waals surface area (Å²) in [7, 11) is -4.14. The van der Waals surface area contributed by atoms with E-state index in [1.165, 1.54) is 36.4 Å². The first-order valence-corrected chi connectivity index (χ1v) is 12.2. The normalized spacial score (nSPS) is 17.2. The van der Waals surface area contributed by atoms with Crippen molar-refractivity contribution in [2.45, 2.75) is 18.4 Å². The van der Waals surface area contributed by atoms with Crippen molar-refractivity contribution < 1.29 is 39.8 Å². The summed E-state index contributed by atoms with van der Waals surface area (Å²) in [5.74, 6) is -2.18. The van der Waals surface area contributed by atoms with Gasteiger partial charge >= 0.3 is 16.6 Å². The Morgan fingerprint density at radius 3 is 2.06 bits per heavy atom. The minimum Gasteiger partial charge on any atom is -0.406 e. The predicted octanol–water partition coefficient (Wildman–Crippen LogP) is 5.05. The van der Waals surface area contributed by atoms with Crippen LogP contribution in [0, 0.1) is 11.6 Å². The van der Waals surface area contributed by atoms with E-state index in [0.717, 1.165) is 28.6 Å². The van der Waals surface area contributed by atoms with Crippen LogP contribution in [0.4, 0.5) is 27.6 Å². The van der Waals surface area contributed by atoms with Crippen LogP contribution in [0.3, 0.4) is 0 Å². The van der Waals surface area contributed by atoms with Crippen molar-refractivity contribution in [1.29, 1.82) is 0 Å². The maximum absolute atomic E-state index is 14.0. The molecular weight excluding hydrogens is 507 g/mol. The standard InChI is InChI=1S/C24H21F5N2O4S/c25-18-5-1-3-16(13-18)23(17-4-2-6-19(26)14-17)22-15-31(11-12-34-22)36(32,33)30-20-7-9-21(10-8-20)35-24(27,28)29/h1-10,13-14,22-23,30H,11-12,15H2. The van der Waals surface area contributed by atoms with Gasteiger partial charge in [0.1, 0.15) is 17.4 Å². The molecule has 1 atom stereocenters. The molecule has 3 aromatic carbocycles. The fraction of sp³-hybridized carbons (Fsp3) is 0.250. The van der Waals surface area contributed by atoms with E-state index in [1.807, 2.05) is 0 Å². The first kappa shape index (κ1) is 25.9. The van der Waals surface area contributed by atoms with Gasteiger partial charge in [0.15, 0.2) is 0 Å². The van der Waals surface area contributed by atoms with Crippen LogP contribution in [-0.4, -0.2) is 44.9 Å². The lowest BCUT2D eigenvalue weighted by Crippen LogP contribution is -2.49. The number of alkyl halides is 3. The second-order valence-electron chi connectivity index (χ2n) is 8.03. The van der Waals surface area contributed by atoms with E-state index in [-0.39, 0.29) is 25.4 Å². The molecular formula is C24H21F5N2O4S. The first-order valence-electron chi connectivity index (χ1n) is 10.8. The number of ether oxygens (including phenoxy) is 2. The van der Waals surface area contributed by atoms with Gasteiger partial charge in [0.05, 0.1) is 18.4 Å². The van der Waals surface area contributed by atoms with Gasteiger partial charge in [-0.15, -0.1) is 13.2 Å². The van der Waals surface area contributed by atoms with E-state index in [0.29, 0.717) is 11.1 Å². The third kappa shape index (κ3) is 6.50. The van der Waals surface area contributed by atoms with Gasteiger partial charge < -0.3 is 9.47 Å². The van der Waals surface area contributed by atoms with Gasteiger partial charge in [0.2, 0.25) is 0 Å². The Bertz CT molecular complexity index is 1260. The molecule has 0 spiro atoms. The monoisotopic (exact) mass is 528 g/mol. The van der Waals surface area contributed by atoms with Gasteiger partial charge in [0, 0.05) is 19.0 Å². The van der Waals surface area contributed by atoms with Crippen molar-refractivity contribution >= 4 is 15.9 Å². The molecule has 0 radical (unpaired) electrons. The van der Waals surface area contributed by atoms with Crippen LogP contribution in [0.15, 0.2) is 72.8 Å². The van der Waals surface area contributed by atoms with Crippen molar-refractivity contribution in [2.24, 2.45) is 0 Å². The summed E-state index contributed by atoms with van der Waals surface area (Å²) in [4.78, 5) is 0. The van der Waals surface area contributed by atoms with Gasteiger partial charge in [-0.1, -0.05) is 24.3 Å². The Morgan fingerprint density at radius 1 is 0.944 bits per heavy atom. The number of hydrogen-bond donors (Lipinski definition) is 1. The minimum atomic E-state index is -4.87. The Labute approximate surface area is 204 Å². The molecule has 1 N–H and O–H groups in total. The van der Waals surface area contributed by atoms with Gasteiger partial charge in [0.25, 0.3) is 0 Å². The number of rotatable bonds is 7. The molecule has 192 valence electrons. The molecule has 1 fully saturated rings. The van der Waals surface area contributed by atoms with Crippen molar-refractivity contribution in [3.05, 3.63) is 95.6 Å². The highest BCUT2D eigenvalue weighted by atomic mass is 32.2. The molecule has 1 heterocycles. The average Bonchev–Trinajstić information content (AvgIpc) is 2.80. The highest BCUT2D eigenvalue weighted by Gasteiger charge is 2.36. The van der Waals surface area contributed by atoms with Crippen LogP contribution < -0.4 is 9.46 Å². The lowest BCUT2D eigenvalue weighted by atomic mass is 9.86. The Balaban J connectivity index is 1.55. The Hall–Kier alpha value is -3.22. The highest BCUT2D eigenvalue weighted by Crippen LogP contribution is 2.33. The van der Waals surface area contributed by atoms with Crippen LogP contribution in [0.2, 0.25) is 0 Å². The summed E-state index contributed by atoms with van der Waals surface area (Å²) in [5.41, 5.74) is 0.996. The molecule has 0 aromatic heterocycles. The summed E-state index contributed by atoms with van der Waals surface area (Å²) in [6, 6.07) is 15.6. The third-order valence-electron chi connectivity index (χ3n) is 5.52. The maximum atomic E-state index is 14.0. The third-order valence-corrected chi connectivity index (χ3v) is 7.02. The second-order valence-corrected chi connectivity index (χ2v) is 9.70. The number of morpholine rings is 1. The van der Waals surface area contributed by atoms with Crippen molar-refractivity contribution in [3.63, 3.8) is 0 Å². The molecule has 1 aliphatic heterocycles. The lowest BCUT2D eigenvalue weighted by Gasteiger charge is -2.36. The van der Waals surface area contributed by atoms with Crippen LogP contribution >= 0.6 is 0 Å². The molecule has 1 saturated heterocycles. The first-order chi connectivity index (χ1) is 17.0. The smallest absolute Gasteiger partial charge is 0.406 e. The summed E-state index contributed by atoms with van der Waals surface area (Å²) in [6.45, 7) is -0.118. The SMILES string of the molecule is O=S(=O)(Nc1ccc(OC(F)(F)F)cc1)N1CCOC(C(c2cccc(F)c2)c2cccc(F)c2)C1. The van der Waals surface area contributed by atoms with E-state index in [1.54, 1.807) is 12.1 Å². The van der Waals surface area contributed by atoms with Gasteiger partial charge in [-0.2, -0.15) is 12.7 Å². The molecule has 3 aromatic rings. The number of nitrogens with one attached hydrogen (secondary N) is 1. The molecule has 12 heteroatoms. The van der Waals surface area contributed by atoms with Crippen LogP contribution in [0.5, 0.6) is 5.75 Å². The Morgan fingerprint density at radius 2 is 1.53 bits per heavy atom. The van der Waals surface area contributed by atoms with E-state index in [4.69, 9.17) is 4.74 Å². The summed E-state index contributed by atoms with van der Waals surface area (Å²) in [5, 5.41) is 0. The van der Waals surface area contributed by atoms with Crippen molar-refractivity contribution in [2.75, 3.05) is 24.4 Å². The van der Waals surface area contributed by atoms with Crippen LogP contribution in [0.1, 0.15) is 17.0 Å². The number of hydrogen-bond acceptors (Lipinski definition) is 4. The van der Waals surface area contributed by atoms with E-state index in [2.05, 4.69) is 9.46 Å². The van der Waals surface area contributed by atoms with Crippen molar-refractivity contribution in [1.82, 2.24) is 4.31 Å². The van der Waals surface area contributed by atoms with E-state index < -0.39 is 46.0 Å². The van der Waals surface area contributed by atoms with Crippen LogP contribution in [0.25, 0.3) is 0 Å². The molecule has 1 unspecified atom stereocenters. The maximum Gasteiger partial charge on any atom is 0.573 e. The molecule has 1 aliphatic rings. The van der Waals surface area contributed by atoms with E-state index >= 15 is 0 Å². The Kier molecular flexibility index (Phi) is 7.48. The molecule has 0 bridgehead atoms. The predicted molar refractivity (Wildman–Crippen MR) is 122 cm³/mol. The number of halogens is 5. The number of benzene rings is 3. The van der Waals surface area contributed by atoms with Crippen LogP contribution in [-0.2, 0) is 14.9 Å².